The Morgan fingerprint density at radius 3 is 2.64 bits per heavy atom. The molecule has 1 aromatic rings. The lowest BCUT2D eigenvalue weighted by Gasteiger charge is -2.44. The predicted octanol–water partition coefficient (Wildman–Crippen LogP) is 3.20. The van der Waals surface area contributed by atoms with Crippen LogP contribution in [0.4, 0.5) is 0 Å². The molecule has 1 atom stereocenters. The molecule has 1 aromatic carbocycles. The normalized spacial score (nSPS) is 22.7. The molecule has 3 heteroatoms. The first-order valence-electron chi connectivity index (χ1n) is 8.76. The molecule has 2 aliphatic rings. The lowest BCUT2D eigenvalue weighted by atomic mass is 9.98. The maximum absolute atomic E-state index is 12.7. The molecular formula is C19H28N2O. The summed E-state index contributed by atoms with van der Waals surface area (Å²) in [6.45, 7) is 8.50. The van der Waals surface area contributed by atoms with E-state index in [0.717, 1.165) is 31.6 Å². The summed E-state index contributed by atoms with van der Waals surface area (Å²) in [5.74, 6) is 0.863. The molecule has 0 bridgehead atoms. The molecular weight excluding hydrogens is 272 g/mol. The van der Waals surface area contributed by atoms with Crippen LogP contribution in [0.5, 0.6) is 0 Å². The lowest BCUT2D eigenvalue weighted by Crippen LogP contribution is -2.56. The van der Waals surface area contributed by atoms with Crippen LogP contribution in [0, 0.1) is 5.92 Å². The monoisotopic (exact) mass is 300 g/mol. The van der Waals surface area contributed by atoms with Crippen LogP contribution in [0.1, 0.15) is 49.0 Å². The standard InChI is InChI=1S/C19H28N2O/c1-15(2)13-16-6-8-17(9-7-16)19(22)21-12-11-20-10-4-3-5-18(20)14-21/h6-9,15,18H,3-5,10-14H2,1-2H3. The highest BCUT2D eigenvalue weighted by Gasteiger charge is 2.31. The van der Waals surface area contributed by atoms with E-state index >= 15 is 0 Å². The fraction of sp³-hybridized carbons (Fsp3) is 0.632. The second-order valence-corrected chi connectivity index (χ2v) is 7.23. The highest BCUT2D eigenvalue weighted by molar-refractivity contribution is 5.94. The highest BCUT2D eigenvalue weighted by atomic mass is 16.2. The molecule has 2 heterocycles. The van der Waals surface area contributed by atoms with E-state index in [2.05, 4.69) is 35.8 Å². The van der Waals surface area contributed by atoms with Crippen LogP contribution in [0.25, 0.3) is 0 Å². The van der Waals surface area contributed by atoms with Gasteiger partial charge in [-0.25, -0.2) is 0 Å². The third kappa shape index (κ3) is 3.52. The summed E-state index contributed by atoms with van der Waals surface area (Å²) in [6, 6.07) is 8.83. The molecule has 1 unspecified atom stereocenters. The zero-order chi connectivity index (χ0) is 15.5. The fourth-order valence-electron chi connectivity index (χ4n) is 3.78. The Balaban J connectivity index is 1.63. The van der Waals surface area contributed by atoms with Gasteiger partial charge in [-0.1, -0.05) is 32.4 Å². The van der Waals surface area contributed by atoms with Gasteiger partial charge in [-0.15, -0.1) is 0 Å². The van der Waals surface area contributed by atoms with Crippen LogP contribution in [0.15, 0.2) is 24.3 Å². The van der Waals surface area contributed by atoms with E-state index in [1.54, 1.807) is 0 Å². The molecule has 0 aromatic heterocycles. The molecule has 0 N–H and O–H groups in total. The summed E-state index contributed by atoms with van der Waals surface area (Å²) >= 11 is 0. The lowest BCUT2D eigenvalue weighted by molar-refractivity contribution is 0.0372. The number of fused-ring (bicyclic) bond motifs is 1. The van der Waals surface area contributed by atoms with Gasteiger partial charge in [0.05, 0.1) is 0 Å². The summed E-state index contributed by atoms with van der Waals surface area (Å²) in [7, 11) is 0. The maximum atomic E-state index is 12.7. The average Bonchev–Trinajstić information content (AvgIpc) is 2.54. The summed E-state index contributed by atoms with van der Waals surface area (Å²) in [5, 5.41) is 0. The molecule has 22 heavy (non-hydrogen) atoms. The van der Waals surface area contributed by atoms with Crippen molar-refractivity contribution in [1.82, 2.24) is 9.80 Å². The summed E-state index contributed by atoms with van der Waals surface area (Å²) in [4.78, 5) is 17.3. The van der Waals surface area contributed by atoms with Crippen molar-refractivity contribution in [3.63, 3.8) is 0 Å². The van der Waals surface area contributed by atoms with Crippen LogP contribution in [-0.2, 0) is 6.42 Å². The highest BCUT2D eigenvalue weighted by Crippen LogP contribution is 2.22. The number of carbonyl (C=O) groups excluding carboxylic acids is 1. The Hall–Kier alpha value is -1.35. The van der Waals surface area contributed by atoms with Gasteiger partial charge in [0.15, 0.2) is 0 Å². The SMILES string of the molecule is CC(C)Cc1ccc(C(=O)N2CCN3CCCCC3C2)cc1. The van der Waals surface area contributed by atoms with E-state index in [4.69, 9.17) is 0 Å². The van der Waals surface area contributed by atoms with Crippen molar-refractivity contribution in [3.8, 4) is 0 Å². The summed E-state index contributed by atoms with van der Waals surface area (Å²) in [5.41, 5.74) is 2.17. The minimum absolute atomic E-state index is 0.210. The topological polar surface area (TPSA) is 23.6 Å². The van der Waals surface area contributed by atoms with Crippen LogP contribution in [-0.4, -0.2) is 47.9 Å². The first-order chi connectivity index (χ1) is 10.6. The minimum atomic E-state index is 0.210. The zero-order valence-corrected chi connectivity index (χ0v) is 13.9. The minimum Gasteiger partial charge on any atom is -0.336 e. The number of piperazine rings is 1. The smallest absolute Gasteiger partial charge is 0.253 e. The van der Waals surface area contributed by atoms with Crippen molar-refractivity contribution >= 4 is 5.91 Å². The van der Waals surface area contributed by atoms with Gasteiger partial charge >= 0.3 is 0 Å². The van der Waals surface area contributed by atoms with Crippen LogP contribution < -0.4 is 0 Å². The van der Waals surface area contributed by atoms with Gasteiger partial charge < -0.3 is 4.90 Å². The van der Waals surface area contributed by atoms with E-state index in [-0.39, 0.29) is 5.91 Å². The second-order valence-electron chi connectivity index (χ2n) is 7.23. The van der Waals surface area contributed by atoms with Gasteiger partial charge in [0.2, 0.25) is 0 Å². The number of piperidine rings is 1. The molecule has 120 valence electrons. The second kappa shape index (κ2) is 6.82. The summed E-state index contributed by atoms with van der Waals surface area (Å²) in [6.07, 6.45) is 4.96. The number of rotatable bonds is 3. The summed E-state index contributed by atoms with van der Waals surface area (Å²) < 4.78 is 0. The zero-order valence-electron chi connectivity index (χ0n) is 13.9. The molecule has 2 fully saturated rings. The molecule has 0 saturated carbocycles. The first kappa shape index (κ1) is 15.5. The largest absolute Gasteiger partial charge is 0.336 e. The van der Waals surface area contributed by atoms with Gasteiger partial charge in [-0.3, -0.25) is 9.69 Å². The van der Waals surface area contributed by atoms with Gasteiger partial charge in [-0.2, -0.15) is 0 Å². The molecule has 3 nitrogen and oxygen atoms in total. The van der Waals surface area contributed by atoms with E-state index in [9.17, 15) is 4.79 Å². The molecule has 0 aliphatic carbocycles. The molecule has 0 radical (unpaired) electrons. The van der Waals surface area contributed by atoms with Crippen LogP contribution >= 0.6 is 0 Å². The van der Waals surface area contributed by atoms with E-state index < -0.39 is 0 Å². The van der Waals surface area contributed by atoms with E-state index in [1.807, 2.05) is 12.1 Å². The molecule has 1 amide bonds. The number of hydrogen-bond donors (Lipinski definition) is 0. The number of benzene rings is 1. The third-order valence-electron chi connectivity index (χ3n) is 4.97. The van der Waals surface area contributed by atoms with Crippen LogP contribution in [0.3, 0.4) is 0 Å². The Morgan fingerprint density at radius 2 is 1.91 bits per heavy atom. The molecule has 2 aliphatic heterocycles. The Morgan fingerprint density at radius 1 is 1.14 bits per heavy atom. The van der Waals surface area contributed by atoms with E-state index in [0.29, 0.717) is 12.0 Å². The first-order valence-corrected chi connectivity index (χ1v) is 8.76. The Labute approximate surface area is 134 Å². The van der Waals surface area contributed by atoms with Gasteiger partial charge in [0.25, 0.3) is 5.91 Å². The fourth-order valence-corrected chi connectivity index (χ4v) is 3.78. The van der Waals surface area contributed by atoms with Crippen LogP contribution in [0.2, 0.25) is 0 Å². The number of amides is 1. The molecule has 2 saturated heterocycles. The van der Waals surface area contributed by atoms with Crippen molar-refractivity contribution in [1.29, 1.82) is 0 Å². The number of carbonyl (C=O) groups is 1. The van der Waals surface area contributed by atoms with Crippen molar-refractivity contribution in [2.75, 3.05) is 26.2 Å². The van der Waals surface area contributed by atoms with Crippen molar-refractivity contribution in [3.05, 3.63) is 35.4 Å². The predicted molar refractivity (Wildman–Crippen MR) is 90.1 cm³/mol. The number of nitrogens with zero attached hydrogens (tertiary/aromatic N) is 2. The maximum Gasteiger partial charge on any atom is 0.253 e. The van der Waals surface area contributed by atoms with Gasteiger partial charge in [0, 0.05) is 31.2 Å². The Kier molecular flexibility index (Phi) is 4.82. The van der Waals surface area contributed by atoms with Crippen molar-refractivity contribution in [2.45, 2.75) is 45.6 Å². The van der Waals surface area contributed by atoms with Gasteiger partial charge in [-0.05, 0) is 49.4 Å². The quantitative estimate of drug-likeness (QED) is 0.856. The average molecular weight is 300 g/mol. The van der Waals surface area contributed by atoms with E-state index in [1.165, 1.54) is 31.4 Å². The van der Waals surface area contributed by atoms with Crippen molar-refractivity contribution < 1.29 is 4.79 Å². The van der Waals surface area contributed by atoms with Crippen molar-refractivity contribution in [2.24, 2.45) is 5.92 Å². The molecule has 0 spiro atoms. The third-order valence-corrected chi connectivity index (χ3v) is 4.97. The molecule has 3 rings (SSSR count). The Bertz CT molecular complexity index is 509. The van der Waals surface area contributed by atoms with Gasteiger partial charge in [0.1, 0.15) is 0 Å². The number of hydrogen-bond acceptors (Lipinski definition) is 2.